The third-order valence-electron chi connectivity index (χ3n) is 1.29. The number of amides is 1. The topological polar surface area (TPSA) is 64.6 Å². The minimum atomic E-state index is -0.669. The van der Waals surface area contributed by atoms with Crippen molar-refractivity contribution in [3.05, 3.63) is 24.8 Å². The summed E-state index contributed by atoms with van der Waals surface area (Å²) in [6.45, 7) is 5.31. The normalized spacial score (nSPS) is 9.67. The molecule has 0 radical (unpaired) electrons. The first kappa shape index (κ1) is 13.2. The van der Waals surface area contributed by atoms with Crippen LogP contribution in [0.2, 0.25) is 0 Å². The maximum atomic E-state index is 10.9. The molecule has 0 aromatic heterocycles. The summed E-state index contributed by atoms with van der Waals surface area (Å²) in [7, 11) is 0. The van der Waals surface area contributed by atoms with E-state index in [-0.39, 0.29) is 19.8 Å². The van der Waals surface area contributed by atoms with Gasteiger partial charge in [0.25, 0.3) is 0 Å². The fourth-order valence-electron chi connectivity index (χ4n) is 0.618. The third kappa shape index (κ3) is 8.55. The van der Waals surface area contributed by atoms with Crippen LogP contribution in [-0.2, 0) is 14.3 Å². The summed E-state index contributed by atoms with van der Waals surface area (Å²) < 4.78 is 9.30. The summed E-state index contributed by atoms with van der Waals surface area (Å²) in [5, 5.41) is 2.24. The molecular weight excluding hydrogens is 198 g/mol. The van der Waals surface area contributed by atoms with Crippen molar-refractivity contribution in [2.45, 2.75) is 6.92 Å². The average molecular weight is 213 g/mol. The second-order valence-corrected chi connectivity index (χ2v) is 2.49. The molecular formula is C10H15NO4. The molecule has 0 atom stereocenters. The van der Waals surface area contributed by atoms with Crippen molar-refractivity contribution in [2.75, 3.05) is 19.8 Å². The molecule has 0 aromatic carbocycles. The van der Waals surface area contributed by atoms with Gasteiger partial charge in [-0.25, -0.2) is 4.79 Å². The number of hydrogen-bond acceptors (Lipinski definition) is 4. The number of hydrogen-bond donors (Lipinski definition) is 1. The molecule has 0 unspecified atom stereocenters. The zero-order valence-corrected chi connectivity index (χ0v) is 8.69. The minimum Gasteiger partial charge on any atom is -0.460 e. The zero-order chi connectivity index (χ0) is 11.5. The number of rotatable bonds is 6. The fraction of sp³-hybridized carbons (Fsp3) is 0.400. The second kappa shape index (κ2) is 8.80. The van der Waals surface area contributed by atoms with Crippen LogP contribution in [0.15, 0.2) is 24.8 Å². The van der Waals surface area contributed by atoms with Crippen LogP contribution in [-0.4, -0.2) is 31.8 Å². The van der Waals surface area contributed by atoms with Crippen LogP contribution in [0.25, 0.3) is 0 Å². The van der Waals surface area contributed by atoms with Crippen LogP contribution in [0.1, 0.15) is 6.92 Å². The van der Waals surface area contributed by atoms with Gasteiger partial charge in [0.2, 0.25) is 0 Å². The Kier molecular flexibility index (Phi) is 7.76. The van der Waals surface area contributed by atoms with Crippen LogP contribution in [0.3, 0.4) is 0 Å². The van der Waals surface area contributed by atoms with E-state index in [2.05, 4.69) is 16.6 Å². The highest BCUT2D eigenvalue weighted by atomic mass is 16.6. The first-order valence-electron chi connectivity index (χ1n) is 4.49. The van der Waals surface area contributed by atoms with Crippen LogP contribution in [0, 0.1) is 0 Å². The van der Waals surface area contributed by atoms with Gasteiger partial charge in [0.1, 0.15) is 19.8 Å². The van der Waals surface area contributed by atoms with E-state index in [1.54, 1.807) is 12.2 Å². The van der Waals surface area contributed by atoms with Crippen LogP contribution in [0.4, 0.5) is 4.79 Å². The van der Waals surface area contributed by atoms with Gasteiger partial charge in [0, 0.05) is 0 Å². The van der Waals surface area contributed by atoms with E-state index < -0.39 is 12.1 Å². The largest absolute Gasteiger partial charge is 0.460 e. The minimum absolute atomic E-state index is 0.111. The number of carbonyl (C=O) groups is 2. The monoisotopic (exact) mass is 213 g/mol. The molecule has 0 saturated heterocycles. The molecule has 0 rings (SSSR count). The first-order chi connectivity index (χ1) is 7.20. The highest BCUT2D eigenvalue weighted by Crippen LogP contribution is 1.81. The molecule has 5 nitrogen and oxygen atoms in total. The Balaban J connectivity index is 3.52. The average Bonchev–Trinajstić information content (AvgIpc) is 2.24. The number of ether oxygens (including phenoxy) is 2. The van der Waals surface area contributed by atoms with Crippen molar-refractivity contribution in [2.24, 2.45) is 0 Å². The maximum Gasteiger partial charge on any atom is 0.407 e. The predicted octanol–water partition coefficient (Wildman–Crippen LogP) is 1.02. The van der Waals surface area contributed by atoms with Gasteiger partial charge in [-0.3, -0.25) is 4.79 Å². The first-order valence-corrected chi connectivity index (χ1v) is 4.49. The summed E-state index contributed by atoms with van der Waals surface area (Å²) in [6, 6.07) is 0. The molecule has 1 amide bonds. The Bertz CT molecular complexity index is 248. The third-order valence-corrected chi connectivity index (χ3v) is 1.29. The lowest BCUT2D eigenvalue weighted by Crippen LogP contribution is -2.31. The Labute approximate surface area is 88.7 Å². The van der Waals surface area contributed by atoms with E-state index in [0.29, 0.717) is 0 Å². The Morgan fingerprint density at radius 1 is 1.33 bits per heavy atom. The number of alkyl carbamates (subject to hydrolysis) is 1. The van der Waals surface area contributed by atoms with E-state index in [1.807, 2.05) is 6.92 Å². The van der Waals surface area contributed by atoms with Gasteiger partial charge in [-0.05, 0) is 6.92 Å². The van der Waals surface area contributed by atoms with E-state index >= 15 is 0 Å². The lowest BCUT2D eigenvalue weighted by Gasteiger charge is -2.04. The van der Waals surface area contributed by atoms with Crippen molar-refractivity contribution in [3.8, 4) is 0 Å². The predicted molar refractivity (Wildman–Crippen MR) is 55.3 cm³/mol. The molecule has 15 heavy (non-hydrogen) atoms. The summed E-state index contributed by atoms with van der Waals surface area (Å²) >= 11 is 0. The molecule has 0 fully saturated rings. The number of carbonyl (C=O) groups excluding carboxylic acids is 2. The van der Waals surface area contributed by atoms with Crippen molar-refractivity contribution >= 4 is 12.1 Å². The van der Waals surface area contributed by atoms with Gasteiger partial charge in [-0.1, -0.05) is 24.8 Å². The van der Waals surface area contributed by atoms with Gasteiger partial charge in [-0.15, -0.1) is 0 Å². The molecule has 0 heterocycles. The van der Waals surface area contributed by atoms with E-state index in [9.17, 15) is 9.59 Å². The highest BCUT2D eigenvalue weighted by molar-refractivity contribution is 5.77. The van der Waals surface area contributed by atoms with Crippen LogP contribution >= 0.6 is 0 Å². The number of esters is 1. The van der Waals surface area contributed by atoms with Crippen molar-refractivity contribution < 1.29 is 19.1 Å². The van der Waals surface area contributed by atoms with Gasteiger partial charge < -0.3 is 14.8 Å². The second-order valence-electron chi connectivity index (χ2n) is 2.49. The molecule has 5 heteroatoms. The Hall–Kier alpha value is -1.78. The zero-order valence-electron chi connectivity index (χ0n) is 8.69. The van der Waals surface area contributed by atoms with Gasteiger partial charge in [0.05, 0.1) is 0 Å². The molecule has 0 aliphatic heterocycles. The fourth-order valence-corrected chi connectivity index (χ4v) is 0.618. The molecule has 1 N–H and O–H groups in total. The molecule has 0 aromatic rings. The van der Waals surface area contributed by atoms with Crippen molar-refractivity contribution in [1.29, 1.82) is 0 Å². The molecule has 0 saturated carbocycles. The van der Waals surface area contributed by atoms with E-state index in [4.69, 9.17) is 4.74 Å². The van der Waals surface area contributed by atoms with Crippen LogP contribution in [0.5, 0.6) is 0 Å². The SMILES string of the molecule is C=CCOC(=O)NCC(=O)OC/C=C/C. The summed E-state index contributed by atoms with van der Waals surface area (Å²) in [5.41, 5.74) is 0. The number of nitrogens with one attached hydrogen (secondary N) is 1. The molecule has 0 bridgehead atoms. The summed E-state index contributed by atoms with van der Waals surface area (Å²) in [6.07, 6.45) is 4.22. The molecule has 84 valence electrons. The number of allylic oxidation sites excluding steroid dienone is 1. The Morgan fingerprint density at radius 2 is 2.07 bits per heavy atom. The van der Waals surface area contributed by atoms with Gasteiger partial charge >= 0.3 is 12.1 Å². The maximum absolute atomic E-state index is 10.9. The molecule has 0 aliphatic rings. The summed E-state index contributed by atoms with van der Waals surface area (Å²) in [4.78, 5) is 21.8. The molecule has 0 aliphatic carbocycles. The lowest BCUT2D eigenvalue weighted by atomic mass is 10.5. The van der Waals surface area contributed by atoms with Crippen molar-refractivity contribution in [3.63, 3.8) is 0 Å². The van der Waals surface area contributed by atoms with Crippen LogP contribution < -0.4 is 5.32 Å². The van der Waals surface area contributed by atoms with Gasteiger partial charge in [0.15, 0.2) is 0 Å². The van der Waals surface area contributed by atoms with E-state index in [1.165, 1.54) is 6.08 Å². The summed E-state index contributed by atoms with van der Waals surface area (Å²) in [5.74, 6) is -0.511. The Morgan fingerprint density at radius 3 is 2.67 bits per heavy atom. The van der Waals surface area contributed by atoms with E-state index in [0.717, 1.165) is 0 Å². The van der Waals surface area contributed by atoms with Gasteiger partial charge in [-0.2, -0.15) is 0 Å². The highest BCUT2D eigenvalue weighted by Gasteiger charge is 2.05. The molecule has 0 spiro atoms. The standard InChI is InChI=1S/C10H15NO4/c1-3-5-7-14-9(12)8-11-10(13)15-6-4-2/h3-5H,2,6-8H2,1H3,(H,11,13)/b5-3+. The quantitative estimate of drug-likeness (QED) is 0.528. The smallest absolute Gasteiger partial charge is 0.407 e. The lowest BCUT2D eigenvalue weighted by molar-refractivity contribution is -0.141. The van der Waals surface area contributed by atoms with Crippen molar-refractivity contribution in [1.82, 2.24) is 5.32 Å².